The standard InChI is InChI=1S/C24H32N4O3/c1-16-9-19(15-31-2)22-26-20(13-28(22)12-16)23(30)27-8-7-24(21(29)14-27)10-17-5-3-4-6-18(17)11-25-24/h3-6,13,16,19,21,25,29H,7-12,14-15H2,1-2H3/t16?,19?,21-,24+/m1/s1. The molecule has 2 N–H and O–H groups in total. The molecule has 1 aromatic carbocycles. The van der Waals surface area contributed by atoms with E-state index in [0.717, 1.165) is 38.2 Å². The van der Waals surface area contributed by atoms with Crippen LogP contribution in [0, 0.1) is 5.92 Å². The number of benzene rings is 1. The lowest BCUT2D eigenvalue weighted by Crippen LogP contribution is -2.65. The normalized spacial score (nSPS) is 30.2. The second-order valence-corrected chi connectivity index (χ2v) is 9.60. The summed E-state index contributed by atoms with van der Waals surface area (Å²) in [6, 6.07) is 8.40. The molecule has 2 aromatic rings. The Balaban J connectivity index is 1.31. The van der Waals surface area contributed by atoms with Gasteiger partial charge in [-0.25, -0.2) is 4.98 Å². The van der Waals surface area contributed by atoms with Crippen molar-refractivity contribution in [3.8, 4) is 0 Å². The van der Waals surface area contributed by atoms with E-state index in [1.165, 1.54) is 11.1 Å². The van der Waals surface area contributed by atoms with Crippen LogP contribution >= 0.6 is 0 Å². The van der Waals surface area contributed by atoms with Gasteiger partial charge >= 0.3 is 0 Å². The molecule has 1 saturated heterocycles. The van der Waals surface area contributed by atoms with E-state index in [0.29, 0.717) is 31.3 Å². The summed E-state index contributed by atoms with van der Waals surface area (Å²) in [5.41, 5.74) is 2.70. The lowest BCUT2D eigenvalue weighted by atomic mass is 9.76. The van der Waals surface area contributed by atoms with Gasteiger partial charge in [-0.05, 0) is 36.3 Å². The van der Waals surface area contributed by atoms with Gasteiger partial charge in [0, 0.05) is 45.4 Å². The number of aliphatic hydroxyl groups is 1. The summed E-state index contributed by atoms with van der Waals surface area (Å²) in [5, 5.41) is 14.7. The van der Waals surface area contributed by atoms with Crippen molar-refractivity contribution in [1.29, 1.82) is 0 Å². The van der Waals surface area contributed by atoms with Crippen molar-refractivity contribution in [1.82, 2.24) is 19.8 Å². The molecule has 2 unspecified atom stereocenters. The quantitative estimate of drug-likeness (QED) is 0.787. The fourth-order valence-electron chi connectivity index (χ4n) is 5.66. The first-order chi connectivity index (χ1) is 15.0. The van der Waals surface area contributed by atoms with Crippen molar-refractivity contribution in [2.24, 2.45) is 5.92 Å². The number of aliphatic hydroxyl groups excluding tert-OH is 1. The van der Waals surface area contributed by atoms with Gasteiger partial charge in [-0.15, -0.1) is 0 Å². The van der Waals surface area contributed by atoms with E-state index in [9.17, 15) is 9.90 Å². The van der Waals surface area contributed by atoms with Crippen molar-refractivity contribution in [3.05, 3.63) is 53.1 Å². The van der Waals surface area contributed by atoms with Crippen molar-refractivity contribution < 1.29 is 14.6 Å². The molecule has 0 bridgehead atoms. The number of β-amino-alcohol motifs (C(OH)–C–C–N with tert-alkyl or cyclic N) is 1. The first-order valence-corrected chi connectivity index (χ1v) is 11.3. The highest BCUT2D eigenvalue weighted by atomic mass is 16.5. The highest BCUT2D eigenvalue weighted by molar-refractivity contribution is 5.92. The minimum atomic E-state index is -0.614. The molecule has 31 heavy (non-hydrogen) atoms. The number of nitrogens with one attached hydrogen (secondary N) is 1. The Morgan fingerprint density at radius 2 is 2.13 bits per heavy atom. The lowest BCUT2D eigenvalue weighted by molar-refractivity contribution is -0.0140. The number of carbonyl (C=O) groups excluding carboxylic acids is 1. The molecule has 7 heteroatoms. The Bertz CT molecular complexity index is 973. The molecule has 4 atom stereocenters. The summed E-state index contributed by atoms with van der Waals surface area (Å²) < 4.78 is 7.50. The first-order valence-electron chi connectivity index (χ1n) is 11.3. The van der Waals surface area contributed by atoms with Crippen LogP contribution in [0.4, 0.5) is 0 Å². The molecule has 1 fully saturated rings. The molecule has 0 saturated carbocycles. The molecule has 4 heterocycles. The van der Waals surface area contributed by atoms with Crippen LogP contribution < -0.4 is 5.32 Å². The lowest BCUT2D eigenvalue weighted by Gasteiger charge is -2.48. The number of fused-ring (bicyclic) bond motifs is 2. The van der Waals surface area contributed by atoms with Gasteiger partial charge in [-0.1, -0.05) is 31.2 Å². The summed E-state index contributed by atoms with van der Waals surface area (Å²) in [4.78, 5) is 19.7. The van der Waals surface area contributed by atoms with E-state index in [1.54, 1.807) is 12.0 Å². The summed E-state index contributed by atoms with van der Waals surface area (Å²) >= 11 is 0. The number of methoxy groups -OCH3 is 1. The smallest absolute Gasteiger partial charge is 0.274 e. The molecule has 1 amide bonds. The van der Waals surface area contributed by atoms with E-state index in [1.807, 2.05) is 6.20 Å². The van der Waals surface area contributed by atoms with Crippen LogP contribution in [-0.2, 0) is 24.2 Å². The predicted octanol–water partition coefficient (Wildman–Crippen LogP) is 1.94. The fraction of sp³-hybridized carbons (Fsp3) is 0.583. The van der Waals surface area contributed by atoms with Gasteiger partial charge in [0.1, 0.15) is 11.5 Å². The highest BCUT2D eigenvalue weighted by Gasteiger charge is 2.45. The minimum Gasteiger partial charge on any atom is -0.389 e. The molecule has 7 nitrogen and oxygen atoms in total. The van der Waals surface area contributed by atoms with Gasteiger partial charge in [0.05, 0.1) is 18.2 Å². The van der Waals surface area contributed by atoms with Gasteiger partial charge in [0.25, 0.3) is 5.91 Å². The van der Waals surface area contributed by atoms with Crippen LogP contribution in [0.15, 0.2) is 30.5 Å². The molecule has 0 radical (unpaired) electrons. The number of likely N-dealkylation sites (tertiary alicyclic amines) is 1. The number of aromatic nitrogens is 2. The number of amides is 1. The predicted molar refractivity (Wildman–Crippen MR) is 117 cm³/mol. The topological polar surface area (TPSA) is 79.6 Å². The van der Waals surface area contributed by atoms with Crippen LogP contribution in [0.1, 0.15) is 53.1 Å². The number of hydrogen-bond acceptors (Lipinski definition) is 5. The highest BCUT2D eigenvalue weighted by Crippen LogP contribution is 2.34. The molecule has 1 aromatic heterocycles. The third-order valence-electron chi connectivity index (χ3n) is 7.36. The molecule has 5 rings (SSSR count). The summed E-state index contributed by atoms with van der Waals surface area (Å²) in [6.45, 7) is 5.42. The Kier molecular flexibility index (Phi) is 5.36. The number of hydrogen-bond donors (Lipinski definition) is 2. The average molecular weight is 425 g/mol. The van der Waals surface area contributed by atoms with Gasteiger partial charge in [0.2, 0.25) is 0 Å². The average Bonchev–Trinajstić information content (AvgIpc) is 3.19. The Morgan fingerprint density at radius 3 is 2.90 bits per heavy atom. The largest absolute Gasteiger partial charge is 0.389 e. The van der Waals surface area contributed by atoms with Crippen LogP contribution in [0.5, 0.6) is 0 Å². The van der Waals surface area contributed by atoms with Gasteiger partial charge < -0.3 is 24.6 Å². The number of nitrogens with zero attached hydrogens (tertiary/aromatic N) is 3. The third kappa shape index (κ3) is 3.69. The zero-order chi connectivity index (χ0) is 21.6. The van der Waals surface area contributed by atoms with Gasteiger partial charge in [0.15, 0.2) is 0 Å². The number of rotatable bonds is 3. The maximum absolute atomic E-state index is 13.3. The Hall–Kier alpha value is -2.22. The van der Waals surface area contributed by atoms with Crippen LogP contribution in [0.3, 0.4) is 0 Å². The zero-order valence-electron chi connectivity index (χ0n) is 18.4. The summed E-state index contributed by atoms with van der Waals surface area (Å²) in [5.74, 6) is 1.61. The minimum absolute atomic E-state index is 0.0872. The van der Waals surface area contributed by atoms with E-state index < -0.39 is 6.10 Å². The summed E-state index contributed by atoms with van der Waals surface area (Å²) in [7, 11) is 1.71. The van der Waals surface area contributed by atoms with E-state index in [2.05, 4.69) is 41.1 Å². The van der Waals surface area contributed by atoms with Crippen molar-refractivity contribution in [2.75, 3.05) is 26.8 Å². The molecule has 1 spiro atoms. The SMILES string of the molecule is COCC1CC(C)Cn2cc(C(=O)N3CC[C@]4(Cc5ccccc5CN4)[C@H](O)C3)nc21. The Labute approximate surface area is 183 Å². The molecule has 3 aliphatic heterocycles. The number of piperidine rings is 1. The first kappa shape index (κ1) is 20.7. The van der Waals surface area contributed by atoms with E-state index in [-0.39, 0.29) is 17.4 Å². The number of imidazole rings is 1. The summed E-state index contributed by atoms with van der Waals surface area (Å²) in [6.07, 6.45) is 3.82. The molecule has 166 valence electrons. The molecule has 3 aliphatic rings. The number of ether oxygens (including phenoxy) is 1. The second kappa shape index (κ2) is 8.04. The molecular formula is C24H32N4O3. The van der Waals surface area contributed by atoms with E-state index >= 15 is 0 Å². The fourth-order valence-corrected chi connectivity index (χ4v) is 5.66. The van der Waals surface area contributed by atoms with Crippen molar-refractivity contribution in [2.45, 2.75) is 56.8 Å². The van der Waals surface area contributed by atoms with Gasteiger partial charge in [-0.3, -0.25) is 4.79 Å². The molecule has 0 aliphatic carbocycles. The third-order valence-corrected chi connectivity index (χ3v) is 7.36. The van der Waals surface area contributed by atoms with Crippen LogP contribution in [0.25, 0.3) is 0 Å². The zero-order valence-corrected chi connectivity index (χ0v) is 18.4. The molecular weight excluding hydrogens is 392 g/mol. The second-order valence-electron chi connectivity index (χ2n) is 9.60. The van der Waals surface area contributed by atoms with Gasteiger partial charge in [-0.2, -0.15) is 0 Å². The number of carbonyl (C=O) groups is 1. The van der Waals surface area contributed by atoms with Crippen LogP contribution in [0.2, 0.25) is 0 Å². The van der Waals surface area contributed by atoms with Crippen molar-refractivity contribution >= 4 is 5.91 Å². The Morgan fingerprint density at radius 1 is 1.32 bits per heavy atom. The van der Waals surface area contributed by atoms with Crippen molar-refractivity contribution in [3.63, 3.8) is 0 Å². The maximum Gasteiger partial charge on any atom is 0.274 e. The van der Waals surface area contributed by atoms with Crippen LogP contribution in [-0.4, -0.2) is 63.9 Å². The maximum atomic E-state index is 13.3. The van der Waals surface area contributed by atoms with E-state index in [4.69, 9.17) is 9.72 Å². The monoisotopic (exact) mass is 424 g/mol.